The van der Waals surface area contributed by atoms with Crippen LogP contribution in [-0.2, 0) is 10.0 Å². The lowest BCUT2D eigenvalue weighted by Crippen LogP contribution is -2.26. The summed E-state index contributed by atoms with van der Waals surface area (Å²) in [6.07, 6.45) is 0.804. The Morgan fingerprint density at radius 3 is 2.70 bits per heavy atom. The molecule has 0 spiro atoms. The monoisotopic (exact) mass is 304 g/mol. The van der Waals surface area contributed by atoms with Gasteiger partial charge in [-0.3, -0.25) is 10.1 Å². The van der Waals surface area contributed by atoms with Crippen LogP contribution in [0.25, 0.3) is 0 Å². The predicted molar refractivity (Wildman–Crippen MR) is 69.2 cm³/mol. The fourth-order valence-corrected chi connectivity index (χ4v) is 1.85. The molecule has 110 valence electrons. The topological polar surface area (TPSA) is 152 Å². The molecule has 0 atom stereocenters. The number of nitrogens with zero attached hydrogens (tertiary/aromatic N) is 2. The number of pyridine rings is 1. The highest BCUT2D eigenvalue weighted by molar-refractivity contribution is 7.89. The summed E-state index contributed by atoms with van der Waals surface area (Å²) in [5, 5.41) is 22.1. The van der Waals surface area contributed by atoms with Crippen LogP contribution < -0.4 is 10.0 Å². The standard InChI is InChI=1S/C9H12N4O6S/c1-10-20(18,19)3-2-11-8-4-6(9(14)15)7(5-12-8)13(16)17/h4-5,10H,2-3H2,1H3,(H,11,12)(H,14,15). The van der Waals surface area contributed by atoms with Crippen LogP contribution >= 0.6 is 0 Å². The van der Waals surface area contributed by atoms with Gasteiger partial charge in [-0.05, 0) is 7.05 Å². The number of carbonyl (C=O) groups is 1. The first kappa shape index (κ1) is 15.8. The summed E-state index contributed by atoms with van der Waals surface area (Å²) in [5.74, 6) is -1.67. The van der Waals surface area contributed by atoms with Crippen molar-refractivity contribution in [3.05, 3.63) is 27.9 Å². The Kier molecular flexibility index (Phi) is 4.94. The molecule has 0 aliphatic heterocycles. The number of aromatic nitrogens is 1. The van der Waals surface area contributed by atoms with Crippen molar-refractivity contribution in [2.75, 3.05) is 24.7 Å². The lowest BCUT2D eigenvalue weighted by atomic mass is 10.2. The van der Waals surface area contributed by atoms with Gasteiger partial charge in [0.1, 0.15) is 17.6 Å². The molecular formula is C9H12N4O6S. The SMILES string of the molecule is CNS(=O)(=O)CCNc1cc(C(=O)O)c([N+](=O)[O-])cn1. The second-order valence-corrected chi connectivity index (χ2v) is 5.64. The lowest BCUT2D eigenvalue weighted by molar-refractivity contribution is -0.385. The van der Waals surface area contributed by atoms with Crippen LogP contribution in [0.4, 0.5) is 11.5 Å². The molecule has 0 bridgehead atoms. The lowest BCUT2D eigenvalue weighted by Gasteiger charge is -2.06. The number of carboxylic acid groups (broad SMARTS) is 1. The van der Waals surface area contributed by atoms with Crippen molar-refractivity contribution >= 4 is 27.5 Å². The molecule has 0 radical (unpaired) electrons. The van der Waals surface area contributed by atoms with E-state index in [4.69, 9.17) is 5.11 Å². The van der Waals surface area contributed by atoms with Crippen LogP contribution in [0.15, 0.2) is 12.3 Å². The number of hydrogen-bond acceptors (Lipinski definition) is 7. The molecule has 10 nitrogen and oxygen atoms in total. The van der Waals surface area contributed by atoms with Crippen LogP contribution in [0.5, 0.6) is 0 Å². The van der Waals surface area contributed by atoms with Crippen molar-refractivity contribution < 1.29 is 23.2 Å². The van der Waals surface area contributed by atoms with Gasteiger partial charge in [0, 0.05) is 12.6 Å². The summed E-state index contributed by atoms with van der Waals surface area (Å²) in [6, 6.07) is 0.979. The molecule has 1 heterocycles. The fraction of sp³-hybridized carbons (Fsp3) is 0.333. The first-order valence-electron chi connectivity index (χ1n) is 5.29. The zero-order valence-corrected chi connectivity index (χ0v) is 11.2. The Bertz CT molecular complexity index is 629. The zero-order valence-electron chi connectivity index (χ0n) is 10.4. The van der Waals surface area contributed by atoms with Crippen LogP contribution in [0.3, 0.4) is 0 Å². The number of aromatic carboxylic acids is 1. The highest BCUT2D eigenvalue weighted by Crippen LogP contribution is 2.20. The largest absolute Gasteiger partial charge is 0.477 e. The van der Waals surface area contributed by atoms with E-state index >= 15 is 0 Å². The molecular weight excluding hydrogens is 292 g/mol. The highest BCUT2D eigenvalue weighted by Gasteiger charge is 2.21. The Morgan fingerprint density at radius 1 is 1.55 bits per heavy atom. The molecule has 0 saturated carbocycles. The molecule has 1 aromatic heterocycles. The number of rotatable bonds is 7. The van der Waals surface area contributed by atoms with E-state index in [1.807, 2.05) is 0 Å². The number of carboxylic acids is 1. The van der Waals surface area contributed by atoms with Gasteiger partial charge in [-0.2, -0.15) is 0 Å². The van der Waals surface area contributed by atoms with Crippen LogP contribution in [0.2, 0.25) is 0 Å². The molecule has 1 aromatic rings. The zero-order chi connectivity index (χ0) is 15.3. The minimum Gasteiger partial charge on any atom is -0.477 e. The van der Waals surface area contributed by atoms with Gasteiger partial charge in [-0.15, -0.1) is 0 Å². The van der Waals surface area contributed by atoms with Gasteiger partial charge in [-0.25, -0.2) is 22.9 Å². The van der Waals surface area contributed by atoms with Crippen molar-refractivity contribution in [1.29, 1.82) is 0 Å². The van der Waals surface area contributed by atoms with Gasteiger partial charge in [0.2, 0.25) is 10.0 Å². The Labute approximate surface area is 114 Å². The number of sulfonamides is 1. The molecule has 0 aliphatic carbocycles. The smallest absolute Gasteiger partial charge is 0.342 e. The molecule has 0 amide bonds. The van der Waals surface area contributed by atoms with Crippen molar-refractivity contribution in [2.45, 2.75) is 0 Å². The highest BCUT2D eigenvalue weighted by atomic mass is 32.2. The van der Waals surface area contributed by atoms with Crippen LogP contribution in [-0.4, -0.2) is 48.7 Å². The maximum Gasteiger partial charge on any atom is 0.342 e. The van der Waals surface area contributed by atoms with E-state index in [-0.39, 0.29) is 18.1 Å². The van der Waals surface area contributed by atoms with Crippen molar-refractivity contribution in [3.63, 3.8) is 0 Å². The quantitative estimate of drug-likeness (QED) is 0.456. The van der Waals surface area contributed by atoms with Gasteiger partial charge >= 0.3 is 11.7 Å². The summed E-state index contributed by atoms with van der Waals surface area (Å²) in [7, 11) is -2.14. The predicted octanol–water partition coefficient (Wildman–Crippen LogP) is -0.351. The first-order valence-corrected chi connectivity index (χ1v) is 6.95. The third kappa shape index (κ3) is 4.13. The third-order valence-corrected chi connectivity index (χ3v) is 3.66. The van der Waals surface area contributed by atoms with E-state index < -0.39 is 32.2 Å². The van der Waals surface area contributed by atoms with Gasteiger partial charge in [0.05, 0.1) is 10.7 Å². The number of hydrogen-bond donors (Lipinski definition) is 3. The summed E-state index contributed by atoms with van der Waals surface area (Å²) in [5.41, 5.74) is -1.16. The van der Waals surface area contributed by atoms with Crippen molar-refractivity contribution in [3.8, 4) is 0 Å². The number of anilines is 1. The van der Waals surface area contributed by atoms with E-state index in [2.05, 4.69) is 15.0 Å². The average molecular weight is 304 g/mol. The third-order valence-electron chi connectivity index (χ3n) is 2.30. The average Bonchev–Trinajstić information content (AvgIpc) is 2.38. The van der Waals surface area contributed by atoms with E-state index in [0.717, 1.165) is 12.3 Å². The van der Waals surface area contributed by atoms with Crippen LogP contribution in [0.1, 0.15) is 10.4 Å². The maximum absolute atomic E-state index is 11.2. The number of nitrogens with one attached hydrogen (secondary N) is 2. The van der Waals surface area contributed by atoms with E-state index in [1.165, 1.54) is 7.05 Å². The van der Waals surface area contributed by atoms with Crippen molar-refractivity contribution in [1.82, 2.24) is 9.71 Å². The molecule has 0 saturated heterocycles. The van der Waals surface area contributed by atoms with Crippen LogP contribution in [0, 0.1) is 10.1 Å². The van der Waals surface area contributed by atoms with Gasteiger partial charge in [-0.1, -0.05) is 0 Å². The summed E-state index contributed by atoms with van der Waals surface area (Å²) >= 11 is 0. The van der Waals surface area contributed by atoms with Gasteiger partial charge in [0.25, 0.3) is 0 Å². The molecule has 0 unspecified atom stereocenters. The minimum absolute atomic E-state index is 0.0208. The number of nitro groups is 1. The molecule has 1 rings (SSSR count). The summed E-state index contributed by atoms with van der Waals surface area (Å²) in [4.78, 5) is 24.3. The Balaban J connectivity index is 2.86. The molecule has 0 fully saturated rings. The molecule has 20 heavy (non-hydrogen) atoms. The molecule has 3 N–H and O–H groups in total. The van der Waals surface area contributed by atoms with Gasteiger partial charge in [0.15, 0.2) is 0 Å². The van der Waals surface area contributed by atoms with E-state index in [1.54, 1.807) is 0 Å². The molecule has 0 aliphatic rings. The van der Waals surface area contributed by atoms with E-state index in [9.17, 15) is 23.3 Å². The summed E-state index contributed by atoms with van der Waals surface area (Å²) < 4.78 is 24.4. The van der Waals surface area contributed by atoms with E-state index in [0.29, 0.717) is 0 Å². The minimum atomic E-state index is -3.40. The second-order valence-electron chi connectivity index (χ2n) is 3.60. The fourth-order valence-electron chi connectivity index (χ4n) is 1.28. The Morgan fingerprint density at radius 2 is 2.20 bits per heavy atom. The molecule has 0 aromatic carbocycles. The molecule has 11 heteroatoms. The summed E-state index contributed by atoms with van der Waals surface area (Å²) in [6.45, 7) is -0.0208. The normalized spacial score (nSPS) is 11.1. The van der Waals surface area contributed by atoms with Gasteiger partial charge < -0.3 is 10.4 Å². The first-order chi connectivity index (χ1) is 9.26. The maximum atomic E-state index is 11.2. The van der Waals surface area contributed by atoms with Crippen molar-refractivity contribution in [2.24, 2.45) is 0 Å². The second kappa shape index (κ2) is 6.25. The Hall–Kier alpha value is -2.27.